The highest BCUT2D eigenvalue weighted by molar-refractivity contribution is 5.67. The van der Waals surface area contributed by atoms with Crippen LogP contribution in [0.2, 0.25) is 0 Å². The van der Waals surface area contributed by atoms with Crippen LogP contribution in [0.5, 0.6) is 0 Å². The number of carboxylic acid groups (broad SMARTS) is 1. The first-order valence-corrected chi connectivity index (χ1v) is 6.57. The van der Waals surface area contributed by atoms with Crippen molar-refractivity contribution >= 4 is 5.97 Å². The van der Waals surface area contributed by atoms with E-state index in [2.05, 4.69) is 6.92 Å². The molecule has 1 rings (SSSR count). The Bertz CT molecular complexity index is 214. The lowest BCUT2D eigenvalue weighted by Gasteiger charge is -2.25. The summed E-state index contributed by atoms with van der Waals surface area (Å²) in [7, 11) is 0. The highest BCUT2D eigenvalue weighted by atomic mass is 16.4. The minimum absolute atomic E-state index is 0.101. The normalized spacial score (nSPS) is 20.1. The van der Waals surface area contributed by atoms with Gasteiger partial charge < -0.3 is 10.8 Å². The molecule has 16 heavy (non-hydrogen) atoms. The Labute approximate surface area is 98.4 Å². The number of carboxylic acids is 1. The predicted octanol–water partition coefficient (Wildman–Crippen LogP) is 2.79. The summed E-state index contributed by atoms with van der Waals surface area (Å²) in [6.45, 7) is 2.07. The molecule has 3 nitrogen and oxygen atoms in total. The van der Waals surface area contributed by atoms with E-state index in [4.69, 9.17) is 10.8 Å². The zero-order chi connectivity index (χ0) is 12.0. The van der Waals surface area contributed by atoms with Gasteiger partial charge in [-0.25, -0.2) is 0 Å². The van der Waals surface area contributed by atoms with Crippen LogP contribution in [0.15, 0.2) is 0 Å². The molecule has 0 radical (unpaired) electrons. The smallest absolute Gasteiger partial charge is 0.304 e. The topological polar surface area (TPSA) is 63.3 Å². The van der Waals surface area contributed by atoms with E-state index in [9.17, 15) is 4.79 Å². The maximum atomic E-state index is 10.5. The van der Waals surface area contributed by atoms with E-state index in [1.54, 1.807) is 0 Å². The SMILES string of the molecule is C[C@H](CCCCC1CCC1)[C@H](N)CC(=O)O. The fourth-order valence-electron chi connectivity index (χ4n) is 2.30. The molecule has 1 fully saturated rings. The summed E-state index contributed by atoms with van der Waals surface area (Å²) in [4.78, 5) is 10.5. The van der Waals surface area contributed by atoms with Gasteiger partial charge in [0.2, 0.25) is 0 Å². The number of rotatable bonds is 8. The van der Waals surface area contributed by atoms with Crippen LogP contribution in [0.1, 0.15) is 58.3 Å². The van der Waals surface area contributed by atoms with Gasteiger partial charge in [-0.1, -0.05) is 45.4 Å². The van der Waals surface area contributed by atoms with Crippen LogP contribution in [-0.2, 0) is 4.79 Å². The molecule has 0 aromatic carbocycles. The molecule has 0 spiro atoms. The van der Waals surface area contributed by atoms with Gasteiger partial charge in [-0.15, -0.1) is 0 Å². The zero-order valence-corrected chi connectivity index (χ0v) is 10.3. The van der Waals surface area contributed by atoms with Crippen LogP contribution in [-0.4, -0.2) is 17.1 Å². The fraction of sp³-hybridized carbons (Fsp3) is 0.923. The highest BCUT2D eigenvalue weighted by Crippen LogP contribution is 2.31. The second kappa shape index (κ2) is 6.89. The van der Waals surface area contributed by atoms with Gasteiger partial charge in [0, 0.05) is 6.04 Å². The minimum Gasteiger partial charge on any atom is -0.481 e. The van der Waals surface area contributed by atoms with Crippen molar-refractivity contribution in [1.82, 2.24) is 0 Å². The molecular weight excluding hydrogens is 202 g/mol. The minimum atomic E-state index is -0.784. The molecule has 3 heteroatoms. The van der Waals surface area contributed by atoms with Gasteiger partial charge in [-0.05, 0) is 18.3 Å². The van der Waals surface area contributed by atoms with Crippen LogP contribution in [0.4, 0.5) is 0 Å². The summed E-state index contributed by atoms with van der Waals surface area (Å²) in [6, 6.07) is -0.179. The second-order valence-corrected chi connectivity index (χ2v) is 5.32. The largest absolute Gasteiger partial charge is 0.481 e. The van der Waals surface area contributed by atoms with Crippen molar-refractivity contribution in [3.8, 4) is 0 Å². The number of hydrogen-bond acceptors (Lipinski definition) is 2. The quantitative estimate of drug-likeness (QED) is 0.627. The van der Waals surface area contributed by atoms with Crippen molar-refractivity contribution in [2.75, 3.05) is 0 Å². The van der Waals surface area contributed by atoms with Gasteiger partial charge in [0.15, 0.2) is 0 Å². The molecule has 1 aliphatic carbocycles. The van der Waals surface area contributed by atoms with Gasteiger partial charge in [-0.3, -0.25) is 4.79 Å². The van der Waals surface area contributed by atoms with Crippen molar-refractivity contribution in [3.05, 3.63) is 0 Å². The molecule has 3 N–H and O–H groups in total. The Balaban J connectivity index is 1.99. The van der Waals surface area contributed by atoms with Gasteiger partial charge in [0.1, 0.15) is 0 Å². The number of hydrogen-bond donors (Lipinski definition) is 2. The number of carbonyl (C=O) groups is 1. The first-order valence-electron chi connectivity index (χ1n) is 6.57. The molecule has 0 amide bonds. The van der Waals surface area contributed by atoms with Crippen LogP contribution in [0, 0.1) is 11.8 Å². The summed E-state index contributed by atoms with van der Waals surface area (Å²) in [5.74, 6) is 0.536. The molecule has 0 aromatic heterocycles. The average Bonchev–Trinajstić information content (AvgIpc) is 2.13. The summed E-state index contributed by atoms with van der Waals surface area (Å²) < 4.78 is 0. The lowest BCUT2D eigenvalue weighted by atomic mass is 9.81. The molecule has 2 atom stereocenters. The Morgan fingerprint density at radius 1 is 1.44 bits per heavy atom. The Hall–Kier alpha value is -0.570. The Kier molecular flexibility index (Phi) is 5.81. The molecule has 0 unspecified atom stereocenters. The number of nitrogens with two attached hydrogens (primary N) is 1. The first-order chi connectivity index (χ1) is 7.59. The van der Waals surface area contributed by atoms with E-state index in [0.717, 1.165) is 12.3 Å². The number of aliphatic carboxylic acids is 1. The fourth-order valence-corrected chi connectivity index (χ4v) is 2.30. The maximum absolute atomic E-state index is 10.5. The molecular formula is C13H25NO2. The average molecular weight is 227 g/mol. The molecule has 94 valence electrons. The molecule has 0 saturated heterocycles. The third-order valence-electron chi connectivity index (χ3n) is 3.89. The third-order valence-corrected chi connectivity index (χ3v) is 3.89. The van der Waals surface area contributed by atoms with E-state index >= 15 is 0 Å². The highest BCUT2D eigenvalue weighted by Gasteiger charge is 2.18. The predicted molar refractivity (Wildman–Crippen MR) is 65.2 cm³/mol. The second-order valence-electron chi connectivity index (χ2n) is 5.32. The van der Waals surface area contributed by atoms with Gasteiger partial charge >= 0.3 is 5.97 Å². The van der Waals surface area contributed by atoms with Crippen molar-refractivity contribution in [1.29, 1.82) is 0 Å². The van der Waals surface area contributed by atoms with Gasteiger partial charge in [0.25, 0.3) is 0 Å². The van der Waals surface area contributed by atoms with Crippen molar-refractivity contribution in [2.45, 2.75) is 64.3 Å². The maximum Gasteiger partial charge on any atom is 0.304 e. The standard InChI is InChI=1S/C13H25NO2/c1-10(12(14)9-13(15)16)5-2-3-6-11-7-4-8-11/h10-12H,2-9,14H2,1H3,(H,15,16)/t10-,12-/m1/s1. The van der Waals surface area contributed by atoms with E-state index in [1.807, 2.05) is 0 Å². The Morgan fingerprint density at radius 3 is 2.62 bits per heavy atom. The van der Waals surface area contributed by atoms with Gasteiger partial charge in [-0.2, -0.15) is 0 Å². The zero-order valence-electron chi connectivity index (χ0n) is 10.3. The van der Waals surface area contributed by atoms with Crippen LogP contribution < -0.4 is 5.73 Å². The molecule has 1 aliphatic rings. The number of unbranched alkanes of at least 4 members (excludes halogenated alkanes) is 1. The van der Waals surface area contributed by atoms with Crippen molar-refractivity contribution < 1.29 is 9.90 Å². The van der Waals surface area contributed by atoms with Crippen LogP contribution in [0.3, 0.4) is 0 Å². The van der Waals surface area contributed by atoms with Crippen molar-refractivity contribution in [2.24, 2.45) is 17.6 Å². The summed E-state index contributed by atoms with van der Waals surface area (Å²) >= 11 is 0. The molecule has 1 saturated carbocycles. The lowest BCUT2D eigenvalue weighted by Crippen LogP contribution is -2.30. The van der Waals surface area contributed by atoms with E-state index in [1.165, 1.54) is 38.5 Å². The molecule has 0 aliphatic heterocycles. The Morgan fingerprint density at radius 2 is 2.12 bits per heavy atom. The third kappa shape index (κ3) is 4.97. The first kappa shape index (κ1) is 13.5. The molecule has 0 bridgehead atoms. The lowest BCUT2D eigenvalue weighted by molar-refractivity contribution is -0.137. The van der Waals surface area contributed by atoms with E-state index in [0.29, 0.717) is 5.92 Å². The summed E-state index contributed by atoms with van der Waals surface area (Å²) in [5.41, 5.74) is 5.82. The molecule has 0 heterocycles. The van der Waals surface area contributed by atoms with Gasteiger partial charge in [0.05, 0.1) is 6.42 Å². The van der Waals surface area contributed by atoms with E-state index < -0.39 is 5.97 Å². The summed E-state index contributed by atoms with van der Waals surface area (Å²) in [6.07, 6.45) is 9.29. The van der Waals surface area contributed by atoms with Crippen LogP contribution in [0.25, 0.3) is 0 Å². The van der Waals surface area contributed by atoms with E-state index in [-0.39, 0.29) is 12.5 Å². The monoisotopic (exact) mass is 227 g/mol. The molecule has 0 aromatic rings. The van der Waals surface area contributed by atoms with Crippen molar-refractivity contribution in [3.63, 3.8) is 0 Å². The summed E-state index contributed by atoms with van der Waals surface area (Å²) in [5, 5.41) is 8.64. The van der Waals surface area contributed by atoms with Crippen LogP contribution >= 0.6 is 0 Å².